The first-order chi connectivity index (χ1) is 23.6. The van der Waals surface area contributed by atoms with Crippen LogP contribution in [0.15, 0.2) is 63.7 Å². The average Bonchev–Trinajstić information content (AvgIpc) is 3.45. The second-order valence-corrected chi connectivity index (χ2v) is 12.9. The summed E-state index contributed by atoms with van der Waals surface area (Å²) in [6.07, 6.45) is 0.586. The normalized spacial score (nSPS) is 24.1. The van der Waals surface area contributed by atoms with E-state index in [0.29, 0.717) is 0 Å². The number of alkyl halides is 2. The van der Waals surface area contributed by atoms with Gasteiger partial charge in [0.25, 0.3) is 11.8 Å². The molecule has 50 heavy (non-hydrogen) atoms. The second kappa shape index (κ2) is 11.2. The van der Waals surface area contributed by atoms with Crippen molar-refractivity contribution in [1.29, 1.82) is 0 Å². The summed E-state index contributed by atoms with van der Waals surface area (Å²) >= 11 is 14.2. The van der Waals surface area contributed by atoms with Gasteiger partial charge in [-0.05, 0) is 17.7 Å². The van der Waals surface area contributed by atoms with Crippen molar-refractivity contribution in [3.8, 4) is 22.9 Å². The van der Waals surface area contributed by atoms with Gasteiger partial charge in [0, 0.05) is 30.0 Å². The van der Waals surface area contributed by atoms with E-state index in [-0.39, 0.29) is 39.8 Å². The Kier molecular flexibility index (Phi) is 7.49. The number of hydrogen-bond acceptors (Lipinski definition) is 7. The minimum Gasteiger partial charge on any atom is -0.507 e. The summed E-state index contributed by atoms with van der Waals surface area (Å²) in [6, 6.07) is 8.74. The van der Waals surface area contributed by atoms with Crippen molar-refractivity contribution in [2.45, 2.75) is 34.7 Å². The molecule has 7 rings (SSSR count). The highest BCUT2D eigenvalue weighted by molar-refractivity contribution is 6.58. The number of benzene rings is 3. The number of imide groups is 1. The number of para-hydroxylation sites is 1. The molecule has 1 N–H and O–H groups in total. The number of halogens is 7. The fourth-order valence-electron chi connectivity index (χ4n) is 7.11. The topological polar surface area (TPSA) is 125 Å². The number of methoxy groups -OCH3 is 2. The van der Waals surface area contributed by atoms with Crippen LogP contribution in [0.4, 0.5) is 27.6 Å². The Hall–Kier alpha value is -5.09. The van der Waals surface area contributed by atoms with E-state index in [4.69, 9.17) is 32.7 Å². The van der Waals surface area contributed by atoms with E-state index in [2.05, 4.69) is 0 Å². The summed E-state index contributed by atoms with van der Waals surface area (Å²) in [5, 5.41) is 11.4. The fraction of sp³-hybridized carbons (Fsp3) is 0.250. The highest BCUT2D eigenvalue weighted by atomic mass is 35.5. The van der Waals surface area contributed by atoms with E-state index in [0.717, 1.165) is 20.0 Å². The molecule has 0 spiro atoms. The first-order valence-corrected chi connectivity index (χ1v) is 15.3. The molecule has 1 aliphatic carbocycles. The van der Waals surface area contributed by atoms with Gasteiger partial charge in [0.2, 0.25) is 5.82 Å². The lowest BCUT2D eigenvalue weighted by Crippen LogP contribution is -2.59. The van der Waals surface area contributed by atoms with Crippen LogP contribution in [0.5, 0.6) is 17.2 Å². The number of phenolic OH excluding ortho intramolecular Hbond substituents is 1. The van der Waals surface area contributed by atoms with E-state index >= 15 is 8.78 Å². The molecule has 0 bridgehead atoms. The van der Waals surface area contributed by atoms with Crippen LogP contribution in [0.1, 0.15) is 23.9 Å². The van der Waals surface area contributed by atoms with Gasteiger partial charge in [-0.3, -0.25) is 9.59 Å². The minimum atomic E-state index is -2.89. The number of rotatable bonds is 5. The van der Waals surface area contributed by atoms with Crippen molar-refractivity contribution in [1.82, 2.24) is 13.9 Å². The summed E-state index contributed by atoms with van der Waals surface area (Å²) < 4.78 is 86.9. The van der Waals surface area contributed by atoms with Crippen LogP contribution in [0.25, 0.3) is 5.69 Å². The molecule has 3 aromatic carbocycles. The highest BCUT2D eigenvalue weighted by Gasteiger charge is 2.76. The molecule has 3 aliphatic rings. The smallest absolute Gasteiger partial charge is 0.352 e. The Labute approximate surface area is 286 Å². The number of hydrogen-bond donors (Lipinski definition) is 1. The Bertz CT molecular complexity index is 2300. The van der Waals surface area contributed by atoms with E-state index < -0.39 is 91.8 Å². The number of nitrogens with zero attached hydrogens (tertiary/aromatic N) is 4. The SMILES string of the molecule is COc1cc(O)c(C2C3=CCn4c(=O)n(-c5ccccc5)c(=O)n4C3CC3(Cl)C(=O)N(c4c(F)c(F)c(F)c(F)c4F)C(=O)C23Cl)c(OC)c1. The molecule has 11 nitrogen and oxygen atoms in total. The van der Waals surface area contributed by atoms with Crippen molar-refractivity contribution in [3.05, 3.63) is 110 Å². The zero-order valence-electron chi connectivity index (χ0n) is 25.5. The first-order valence-electron chi connectivity index (χ1n) is 14.6. The zero-order valence-corrected chi connectivity index (χ0v) is 27.0. The Balaban J connectivity index is 1.54. The van der Waals surface area contributed by atoms with Crippen LogP contribution >= 0.6 is 23.2 Å². The summed E-state index contributed by atoms with van der Waals surface area (Å²) in [5.74, 6) is -18.5. The Morgan fingerprint density at radius 3 is 2.06 bits per heavy atom. The van der Waals surface area contributed by atoms with Crippen LogP contribution in [0, 0.1) is 29.1 Å². The van der Waals surface area contributed by atoms with Gasteiger partial charge in [-0.2, -0.15) is 0 Å². The van der Waals surface area contributed by atoms with Crippen LogP contribution in [-0.4, -0.2) is 54.8 Å². The van der Waals surface area contributed by atoms with E-state index in [1.54, 1.807) is 18.2 Å². The van der Waals surface area contributed by atoms with Crippen molar-refractivity contribution in [2.24, 2.45) is 0 Å². The molecule has 4 unspecified atom stereocenters. The molecule has 2 amide bonds. The molecule has 2 fully saturated rings. The number of fused-ring (bicyclic) bond motifs is 4. The van der Waals surface area contributed by atoms with Crippen LogP contribution in [0.3, 0.4) is 0 Å². The van der Waals surface area contributed by atoms with Gasteiger partial charge in [-0.25, -0.2) is 50.4 Å². The average molecular weight is 739 g/mol. The molecule has 1 saturated heterocycles. The lowest BCUT2D eigenvalue weighted by atomic mass is 9.64. The lowest BCUT2D eigenvalue weighted by molar-refractivity contribution is -0.122. The molecule has 0 radical (unpaired) electrons. The number of allylic oxidation sites excluding steroid dienone is 2. The van der Waals surface area contributed by atoms with Crippen molar-refractivity contribution in [2.75, 3.05) is 19.1 Å². The summed E-state index contributed by atoms with van der Waals surface area (Å²) in [5.41, 5.74) is -3.76. The third kappa shape index (κ3) is 4.08. The zero-order chi connectivity index (χ0) is 36.2. The third-order valence-corrected chi connectivity index (χ3v) is 10.8. The molecule has 260 valence electrons. The quantitative estimate of drug-likeness (QED) is 0.0804. The number of carbonyl (C=O) groups is 2. The molecule has 1 aromatic heterocycles. The van der Waals surface area contributed by atoms with E-state index in [9.17, 15) is 37.5 Å². The number of ether oxygens (including phenoxy) is 2. The van der Waals surface area contributed by atoms with Gasteiger partial charge in [-0.1, -0.05) is 24.3 Å². The van der Waals surface area contributed by atoms with Gasteiger partial charge in [0.15, 0.2) is 33.0 Å². The second-order valence-electron chi connectivity index (χ2n) is 11.7. The molecule has 4 atom stereocenters. The van der Waals surface area contributed by atoms with Gasteiger partial charge in [0.1, 0.15) is 22.9 Å². The minimum absolute atomic E-state index is 0.0303. The predicted molar refractivity (Wildman–Crippen MR) is 166 cm³/mol. The summed E-state index contributed by atoms with van der Waals surface area (Å²) in [4.78, 5) is 50.4. The number of anilines is 1. The molecule has 1 saturated carbocycles. The third-order valence-electron chi connectivity index (χ3n) is 9.34. The molecule has 4 aromatic rings. The highest BCUT2D eigenvalue weighted by Crippen LogP contribution is 2.66. The Morgan fingerprint density at radius 1 is 0.840 bits per heavy atom. The molecular weight excluding hydrogens is 718 g/mol. The van der Waals surface area contributed by atoms with Gasteiger partial charge in [-0.15, -0.1) is 23.2 Å². The van der Waals surface area contributed by atoms with Crippen molar-refractivity contribution in [3.63, 3.8) is 0 Å². The number of carbonyl (C=O) groups excluding carboxylic acids is 2. The van der Waals surface area contributed by atoms with Crippen molar-refractivity contribution < 1.29 is 46.1 Å². The van der Waals surface area contributed by atoms with E-state index in [1.165, 1.54) is 38.5 Å². The predicted octanol–water partition coefficient (Wildman–Crippen LogP) is 4.42. The number of amides is 2. The first kappa shape index (κ1) is 33.4. The van der Waals surface area contributed by atoms with Gasteiger partial charge in [0.05, 0.1) is 32.5 Å². The van der Waals surface area contributed by atoms with Crippen LogP contribution < -0.4 is 25.8 Å². The lowest BCUT2D eigenvalue weighted by Gasteiger charge is -2.49. The van der Waals surface area contributed by atoms with Crippen molar-refractivity contribution >= 4 is 40.7 Å². The summed E-state index contributed by atoms with van der Waals surface area (Å²) in [6.45, 7) is -0.318. The maximum Gasteiger partial charge on any atom is 0.352 e. The number of aromatic nitrogens is 3. The standard InChI is InChI=1S/C32H21Cl2F5N4O7/c1-49-14-10-17(44)19(18(11-14)50-2)20-15-8-9-40-29(47)41(13-6-4-3-5-7-13)30(48)43(40)16(15)12-31(33)27(45)42(28(46)32(20,31)34)26-24(38)22(36)21(35)23(37)25(26)39/h3-8,10-11,16,20,44H,9,12H2,1-2H3. The number of aromatic hydroxyl groups is 1. The van der Waals surface area contributed by atoms with Crippen LogP contribution in [0.2, 0.25) is 0 Å². The molecule has 3 heterocycles. The monoisotopic (exact) mass is 738 g/mol. The summed E-state index contributed by atoms with van der Waals surface area (Å²) in [7, 11) is 2.44. The molecule has 18 heteroatoms. The van der Waals surface area contributed by atoms with Gasteiger partial charge >= 0.3 is 11.4 Å². The fourth-order valence-corrected chi connectivity index (χ4v) is 8.01. The largest absolute Gasteiger partial charge is 0.507 e. The van der Waals surface area contributed by atoms with Crippen LogP contribution in [-0.2, 0) is 16.1 Å². The molecule has 2 aliphatic heterocycles. The maximum absolute atomic E-state index is 15.2. The number of phenols is 1. The van der Waals surface area contributed by atoms with E-state index in [1.807, 2.05) is 0 Å². The Morgan fingerprint density at radius 2 is 1.46 bits per heavy atom. The molecular formula is C32H21Cl2F5N4O7. The maximum atomic E-state index is 15.2. The van der Waals surface area contributed by atoms with Gasteiger partial charge < -0.3 is 14.6 Å².